The van der Waals surface area contributed by atoms with Crippen LogP contribution in [0.5, 0.6) is 0 Å². The number of ether oxygens (including phenoxy) is 1. The van der Waals surface area contributed by atoms with Gasteiger partial charge in [0, 0.05) is 29.6 Å². The third-order valence-corrected chi connectivity index (χ3v) is 5.53. The minimum absolute atomic E-state index is 0.0937. The number of carbonyl (C=O) groups excluding carboxylic acids is 2. The highest BCUT2D eigenvalue weighted by Gasteiger charge is 2.42. The van der Waals surface area contributed by atoms with Crippen LogP contribution in [-0.2, 0) is 16.0 Å². The van der Waals surface area contributed by atoms with Crippen molar-refractivity contribution in [2.45, 2.75) is 51.7 Å². The van der Waals surface area contributed by atoms with Crippen molar-refractivity contribution in [3.63, 3.8) is 0 Å². The van der Waals surface area contributed by atoms with Gasteiger partial charge in [0.25, 0.3) is 0 Å². The Morgan fingerprint density at radius 2 is 1.89 bits per heavy atom. The Morgan fingerprint density at radius 3 is 2.44 bits per heavy atom. The Morgan fingerprint density at radius 1 is 1.22 bits per heavy atom. The minimum atomic E-state index is -0.723. The van der Waals surface area contributed by atoms with E-state index in [1.54, 1.807) is 39.0 Å². The molecule has 1 atom stereocenters. The first-order valence-corrected chi connectivity index (χ1v) is 10.1. The van der Waals surface area contributed by atoms with E-state index in [1.807, 2.05) is 4.90 Å². The van der Waals surface area contributed by atoms with Crippen LogP contribution in [-0.4, -0.2) is 41.6 Å². The van der Waals surface area contributed by atoms with Crippen LogP contribution in [0.15, 0.2) is 18.2 Å². The second kappa shape index (κ2) is 7.88. The molecule has 1 aromatic rings. The van der Waals surface area contributed by atoms with Gasteiger partial charge in [-0.3, -0.25) is 4.79 Å². The Balaban J connectivity index is 1.69. The quantitative estimate of drug-likeness (QED) is 0.783. The number of carbonyl (C=O) groups is 2. The molecular weight excluding hydrogens is 387 g/mol. The molecule has 1 heterocycles. The molecule has 1 aromatic carbocycles. The number of nitrogens with zero attached hydrogens (tertiary/aromatic N) is 1. The smallest absolute Gasteiger partial charge is 0.408 e. The highest BCUT2D eigenvalue weighted by atomic mass is 35.5. The molecule has 0 radical (unpaired) electrons. The molecule has 0 unspecified atom stereocenters. The summed E-state index contributed by atoms with van der Waals surface area (Å²) in [4.78, 5) is 27.1. The molecule has 148 valence electrons. The molecule has 1 saturated carbocycles. The van der Waals surface area contributed by atoms with E-state index in [0.717, 1.165) is 24.6 Å². The van der Waals surface area contributed by atoms with Crippen LogP contribution in [0.3, 0.4) is 0 Å². The number of nitrogens with one attached hydrogen (secondary N) is 1. The number of hydrogen-bond acceptors (Lipinski definition) is 3. The number of likely N-dealkylation sites (tertiary alicyclic amines) is 1. The van der Waals surface area contributed by atoms with Gasteiger partial charge in [-0.1, -0.05) is 29.3 Å². The van der Waals surface area contributed by atoms with Gasteiger partial charge in [0.2, 0.25) is 5.91 Å². The average molecular weight is 413 g/mol. The lowest BCUT2D eigenvalue weighted by Crippen LogP contribution is -2.58. The number of rotatable bonds is 5. The molecule has 1 saturated heterocycles. The molecule has 7 heteroatoms. The molecule has 5 nitrogen and oxygen atoms in total. The van der Waals surface area contributed by atoms with Crippen LogP contribution < -0.4 is 5.32 Å². The molecular formula is C20H26Cl2N2O3. The number of amides is 2. The fourth-order valence-electron chi connectivity index (χ4n) is 3.34. The zero-order valence-electron chi connectivity index (χ0n) is 15.9. The van der Waals surface area contributed by atoms with Gasteiger partial charge in [-0.25, -0.2) is 4.79 Å². The van der Waals surface area contributed by atoms with Crippen molar-refractivity contribution in [1.82, 2.24) is 10.2 Å². The lowest BCUT2D eigenvalue weighted by molar-refractivity contribution is -0.140. The summed E-state index contributed by atoms with van der Waals surface area (Å²) in [6, 6.07) is 4.42. The van der Waals surface area contributed by atoms with E-state index < -0.39 is 17.7 Å². The summed E-state index contributed by atoms with van der Waals surface area (Å²) in [6.45, 7) is 6.90. The SMILES string of the molecule is CC(C)(C)OC(=O)N[C@H](Cc1ccc(Cl)cc1Cl)C(=O)N1CC(C2CC2)C1. The van der Waals surface area contributed by atoms with Crippen molar-refractivity contribution in [2.24, 2.45) is 11.8 Å². The molecule has 2 fully saturated rings. The lowest BCUT2D eigenvalue weighted by atomic mass is 9.93. The normalized spacial score (nSPS) is 18.6. The predicted molar refractivity (Wildman–Crippen MR) is 106 cm³/mol. The van der Waals surface area contributed by atoms with Crippen LogP contribution in [0.2, 0.25) is 10.0 Å². The first kappa shape index (κ1) is 20.3. The second-order valence-electron chi connectivity index (χ2n) is 8.48. The third kappa shape index (κ3) is 5.52. The van der Waals surface area contributed by atoms with Crippen LogP contribution >= 0.6 is 23.2 Å². The third-order valence-electron chi connectivity index (χ3n) is 4.94. The first-order chi connectivity index (χ1) is 12.6. The molecule has 1 aliphatic heterocycles. The van der Waals surface area contributed by atoms with Gasteiger partial charge in [0.05, 0.1) is 0 Å². The van der Waals surface area contributed by atoms with Crippen molar-refractivity contribution >= 4 is 35.2 Å². The van der Waals surface area contributed by atoms with E-state index in [4.69, 9.17) is 27.9 Å². The van der Waals surface area contributed by atoms with Crippen molar-refractivity contribution in [2.75, 3.05) is 13.1 Å². The maximum absolute atomic E-state index is 13.0. The fraction of sp³-hybridized carbons (Fsp3) is 0.600. The van der Waals surface area contributed by atoms with Crippen LogP contribution in [0, 0.1) is 11.8 Å². The Hall–Kier alpha value is -1.46. The lowest BCUT2D eigenvalue weighted by Gasteiger charge is -2.41. The summed E-state index contributed by atoms with van der Waals surface area (Å²) in [5.74, 6) is 1.29. The number of benzene rings is 1. The van der Waals surface area contributed by atoms with E-state index in [2.05, 4.69) is 5.32 Å². The zero-order chi connectivity index (χ0) is 19.8. The topological polar surface area (TPSA) is 58.6 Å². The first-order valence-electron chi connectivity index (χ1n) is 9.34. The molecule has 2 amide bonds. The molecule has 3 rings (SSSR count). The molecule has 2 aliphatic rings. The van der Waals surface area contributed by atoms with Crippen molar-refractivity contribution in [3.05, 3.63) is 33.8 Å². The van der Waals surface area contributed by atoms with Gasteiger partial charge in [-0.2, -0.15) is 0 Å². The van der Waals surface area contributed by atoms with Crippen molar-refractivity contribution in [3.8, 4) is 0 Å². The van der Waals surface area contributed by atoms with Gasteiger partial charge < -0.3 is 15.0 Å². The fourth-order valence-corrected chi connectivity index (χ4v) is 3.82. The van der Waals surface area contributed by atoms with E-state index >= 15 is 0 Å². The van der Waals surface area contributed by atoms with Crippen LogP contribution in [0.1, 0.15) is 39.2 Å². The van der Waals surface area contributed by atoms with Crippen molar-refractivity contribution < 1.29 is 14.3 Å². The van der Waals surface area contributed by atoms with E-state index in [1.165, 1.54) is 12.8 Å². The van der Waals surface area contributed by atoms with E-state index in [0.29, 0.717) is 22.4 Å². The molecule has 0 spiro atoms. The molecule has 0 aromatic heterocycles. The zero-order valence-corrected chi connectivity index (χ0v) is 17.4. The summed E-state index contributed by atoms with van der Waals surface area (Å²) < 4.78 is 5.33. The molecule has 1 N–H and O–H groups in total. The maximum atomic E-state index is 13.0. The Kier molecular flexibility index (Phi) is 5.92. The standard InChI is InChI=1S/C20H26Cl2N2O3/c1-20(2,3)27-19(26)23-17(8-13-6-7-15(21)9-16(13)22)18(25)24-10-14(11-24)12-4-5-12/h6-7,9,12,14,17H,4-5,8,10-11H2,1-3H3,(H,23,26)/t17-/m1/s1. The van der Waals surface area contributed by atoms with Gasteiger partial charge in [0.1, 0.15) is 11.6 Å². The summed E-state index contributed by atoms with van der Waals surface area (Å²) in [6.07, 6.45) is 2.23. The summed E-state index contributed by atoms with van der Waals surface area (Å²) in [7, 11) is 0. The molecule has 27 heavy (non-hydrogen) atoms. The summed E-state index contributed by atoms with van der Waals surface area (Å²) in [5, 5.41) is 3.74. The van der Waals surface area contributed by atoms with Gasteiger partial charge in [-0.15, -0.1) is 0 Å². The Bertz CT molecular complexity index is 722. The van der Waals surface area contributed by atoms with Crippen LogP contribution in [0.4, 0.5) is 4.79 Å². The predicted octanol–water partition coefficient (Wildman–Crippen LogP) is 4.30. The van der Waals surface area contributed by atoms with Crippen LogP contribution in [0.25, 0.3) is 0 Å². The van der Waals surface area contributed by atoms with E-state index in [-0.39, 0.29) is 5.91 Å². The minimum Gasteiger partial charge on any atom is -0.444 e. The van der Waals surface area contributed by atoms with Crippen molar-refractivity contribution in [1.29, 1.82) is 0 Å². The average Bonchev–Trinajstić information content (AvgIpc) is 3.30. The van der Waals surface area contributed by atoms with Gasteiger partial charge in [-0.05, 0) is 63.1 Å². The highest BCUT2D eigenvalue weighted by Crippen LogP contribution is 2.41. The number of alkyl carbamates (subject to hydrolysis) is 1. The van der Waals surface area contributed by atoms with Gasteiger partial charge in [0.15, 0.2) is 0 Å². The van der Waals surface area contributed by atoms with E-state index in [9.17, 15) is 9.59 Å². The number of hydrogen-bond donors (Lipinski definition) is 1. The second-order valence-corrected chi connectivity index (χ2v) is 9.32. The maximum Gasteiger partial charge on any atom is 0.408 e. The molecule has 1 aliphatic carbocycles. The summed E-state index contributed by atoms with van der Waals surface area (Å²) in [5.41, 5.74) is 0.124. The summed E-state index contributed by atoms with van der Waals surface area (Å²) >= 11 is 12.2. The van der Waals surface area contributed by atoms with Gasteiger partial charge >= 0.3 is 6.09 Å². The molecule has 0 bridgehead atoms. The highest BCUT2D eigenvalue weighted by molar-refractivity contribution is 6.35. The Labute approximate surface area is 170 Å². The largest absolute Gasteiger partial charge is 0.444 e. The monoisotopic (exact) mass is 412 g/mol. The number of halogens is 2.